The minimum Gasteiger partial charge on any atom is -0.310 e. The highest BCUT2D eigenvalue weighted by Gasteiger charge is 2.22. The smallest absolute Gasteiger partial charge is 0.0546 e. The highest BCUT2D eigenvalue weighted by Crippen LogP contribution is 2.47. The summed E-state index contributed by atoms with van der Waals surface area (Å²) in [5, 5.41) is 12.7. The summed E-state index contributed by atoms with van der Waals surface area (Å²) >= 11 is 0. The fourth-order valence-electron chi connectivity index (χ4n) is 10.8. The lowest BCUT2D eigenvalue weighted by Gasteiger charge is -2.29. The zero-order valence-electron chi connectivity index (χ0n) is 37.9. The molecular weight excluding hydrogens is 831 g/mol. The van der Waals surface area contributed by atoms with Gasteiger partial charge >= 0.3 is 0 Å². The molecule has 1 nitrogen and oxygen atoms in total. The van der Waals surface area contributed by atoms with E-state index in [2.05, 4.69) is 278 Å². The molecule has 0 spiro atoms. The third kappa shape index (κ3) is 7.03. The van der Waals surface area contributed by atoms with Crippen molar-refractivity contribution in [3.63, 3.8) is 0 Å². The molecule has 13 aromatic rings. The quantitative estimate of drug-likeness (QED) is 0.138. The molecule has 0 unspecified atom stereocenters. The van der Waals surface area contributed by atoms with Crippen LogP contribution in [0.25, 0.3) is 109 Å². The van der Waals surface area contributed by atoms with Crippen LogP contribution in [-0.4, -0.2) is 0 Å². The van der Waals surface area contributed by atoms with Crippen molar-refractivity contribution >= 4 is 70.9 Å². The second kappa shape index (κ2) is 17.0. The molecule has 1 heteroatoms. The Hall–Kier alpha value is -9.04. The first-order chi connectivity index (χ1) is 34.2. The maximum absolute atomic E-state index is 2.44. The van der Waals surface area contributed by atoms with Gasteiger partial charge in [-0.25, -0.2) is 0 Å². The zero-order chi connectivity index (χ0) is 45.7. The van der Waals surface area contributed by atoms with Crippen molar-refractivity contribution in [1.29, 1.82) is 0 Å². The molecule has 13 aromatic carbocycles. The highest BCUT2D eigenvalue weighted by atomic mass is 15.1. The Kier molecular flexibility index (Phi) is 9.91. The van der Waals surface area contributed by atoms with Gasteiger partial charge in [0.05, 0.1) is 5.69 Å². The molecule has 0 fully saturated rings. The van der Waals surface area contributed by atoms with Crippen LogP contribution < -0.4 is 4.90 Å². The fourth-order valence-corrected chi connectivity index (χ4v) is 10.8. The molecule has 0 aliphatic rings. The van der Waals surface area contributed by atoms with Gasteiger partial charge in [0.2, 0.25) is 0 Å². The lowest BCUT2D eigenvalue weighted by Crippen LogP contribution is -2.11. The molecule has 69 heavy (non-hydrogen) atoms. The first-order valence-corrected chi connectivity index (χ1v) is 23.8. The van der Waals surface area contributed by atoms with E-state index in [0.717, 1.165) is 33.8 Å². The largest absolute Gasteiger partial charge is 0.310 e. The van der Waals surface area contributed by atoms with Gasteiger partial charge in [0.25, 0.3) is 0 Å². The van der Waals surface area contributed by atoms with Gasteiger partial charge in [0.1, 0.15) is 0 Å². The third-order valence-corrected chi connectivity index (χ3v) is 14.0. The van der Waals surface area contributed by atoms with E-state index >= 15 is 0 Å². The second-order valence-electron chi connectivity index (χ2n) is 18.0. The van der Waals surface area contributed by atoms with Crippen LogP contribution in [0.1, 0.15) is 0 Å². The molecule has 0 saturated carbocycles. The van der Waals surface area contributed by atoms with Gasteiger partial charge in [-0.15, -0.1) is 0 Å². The van der Waals surface area contributed by atoms with Crippen LogP contribution in [-0.2, 0) is 0 Å². The second-order valence-corrected chi connectivity index (χ2v) is 18.0. The number of anilines is 3. The number of fused-ring (bicyclic) bond motifs is 9. The Bertz CT molecular complexity index is 3990. The molecule has 0 bridgehead atoms. The summed E-state index contributed by atoms with van der Waals surface area (Å²) in [6, 6.07) is 100. The van der Waals surface area contributed by atoms with Gasteiger partial charge in [0.15, 0.2) is 0 Å². The summed E-state index contributed by atoms with van der Waals surface area (Å²) in [5.74, 6) is 0. The minimum atomic E-state index is 1.07. The first kappa shape index (κ1) is 40.3. The SMILES string of the molecule is c1ccc(-c2ccc(-c3ccccc3)c(N(c3ccc(-c4ccc5c6ccccc6c6ccccc6c5c4)cc3)c3ccc(-c4c(-c5ccccc5)c5ccccc5c5ccccc45)cc3)c2)cc1. The van der Waals surface area contributed by atoms with Crippen LogP contribution in [0.15, 0.2) is 273 Å². The maximum Gasteiger partial charge on any atom is 0.0546 e. The fraction of sp³-hybridized carbons (Fsp3) is 0. The summed E-state index contributed by atoms with van der Waals surface area (Å²) in [4.78, 5) is 2.44. The van der Waals surface area contributed by atoms with Crippen molar-refractivity contribution < 1.29 is 0 Å². The van der Waals surface area contributed by atoms with Crippen LogP contribution in [0.2, 0.25) is 0 Å². The van der Waals surface area contributed by atoms with E-state index in [4.69, 9.17) is 0 Å². The van der Waals surface area contributed by atoms with Crippen LogP contribution in [0, 0.1) is 0 Å². The van der Waals surface area contributed by atoms with Crippen LogP contribution in [0.3, 0.4) is 0 Å². The van der Waals surface area contributed by atoms with E-state index in [1.807, 2.05) is 0 Å². The highest BCUT2D eigenvalue weighted by molar-refractivity contribution is 6.26. The molecule has 0 heterocycles. The molecule has 0 amide bonds. The van der Waals surface area contributed by atoms with Crippen LogP contribution in [0.5, 0.6) is 0 Å². The number of nitrogens with zero attached hydrogens (tertiary/aromatic N) is 1. The van der Waals surface area contributed by atoms with Gasteiger partial charge in [0, 0.05) is 16.9 Å². The Labute approximate surface area is 402 Å². The number of benzene rings is 13. The maximum atomic E-state index is 2.44. The first-order valence-electron chi connectivity index (χ1n) is 23.8. The van der Waals surface area contributed by atoms with E-state index in [-0.39, 0.29) is 0 Å². The summed E-state index contributed by atoms with van der Waals surface area (Å²) < 4.78 is 0. The van der Waals surface area contributed by atoms with Gasteiger partial charge in [-0.05, 0) is 140 Å². The van der Waals surface area contributed by atoms with Crippen molar-refractivity contribution in [3.05, 3.63) is 273 Å². The average Bonchev–Trinajstić information content (AvgIpc) is 3.44. The Morgan fingerprint density at radius 2 is 0.507 bits per heavy atom. The van der Waals surface area contributed by atoms with E-state index in [9.17, 15) is 0 Å². The van der Waals surface area contributed by atoms with Crippen molar-refractivity contribution in [3.8, 4) is 55.6 Å². The lowest BCUT2D eigenvalue weighted by molar-refractivity contribution is 1.28. The van der Waals surface area contributed by atoms with E-state index in [1.54, 1.807) is 0 Å². The molecule has 0 atom stereocenters. The summed E-state index contributed by atoms with van der Waals surface area (Å²) in [7, 11) is 0. The van der Waals surface area contributed by atoms with Crippen LogP contribution in [0.4, 0.5) is 17.1 Å². The zero-order valence-corrected chi connectivity index (χ0v) is 37.9. The standard InChI is InChI=1S/C68H45N/c1-4-18-46(19-5-1)52-36-42-55(48-20-6-2-7-21-48)66(45-52)69(53-38-32-47(33-39-53)51-37-43-62-58-26-11-10-24-56(58)57-25-12-13-29-61(57)65(62)44-51)54-40-34-50(35-41-54)68-64-31-17-15-28-60(64)59-27-14-16-30-63(59)67(68)49-22-8-3-9-23-49/h1-45H. The summed E-state index contributed by atoms with van der Waals surface area (Å²) in [6.45, 7) is 0. The third-order valence-electron chi connectivity index (χ3n) is 14.0. The van der Waals surface area contributed by atoms with Crippen molar-refractivity contribution in [1.82, 2.24) is 0 Å². The molecule has 0 saturated heterocycles. The Balaban J connectivity index is 0.998. The number of hydrogen-bond donors (Lipinski definition) is 0. The molecule has 322 valence electrons. The summed E-state index contributed by atoms with van der Waals surface area (Å²) in [5.41, 5.74) is 15.2. The van der Waals surface area contributed by atoms with Gasteiger partial charge in [-0.1, -0.05) is 237 Å². The lowest BCUT2D eigenvalue weighted by atomic mass is 9.85. The van der Waals surface area contributed by atoms with E-state index < -0.39 is 0 Å². The Morgan fingerprint density at radius 3 is 1.01 bits per heavy atom. The molecule has 0 aliphatic heterocycles. The average molecular weight is 876 g/mol. The number of hydrogen-bond acceptors (Lipinski definition) is 1. The van der Waals surface area contributed by atoms with Crippen LogP contribution >= 0.6 is 0 Å². The van der Waals surface area contributed by atoms with Crippen molar-refractivity contribution in [2.75, 3.05) is 4.90 Å². The van der Waals surface area contributed by atoms with Gasteiger partial charge < -0.3 is 4.90 Å². The van der Waals surface area contributed by atoms with Crippen molar-refractivity contribution in [2.45, 2.75) is 0 Å². The van der Waals surface area contributed by atoms with E-state index in [0.29, 0.717) is 0 Å². The normalized spacial score (nSPS) is 11.5. The summed E-state index contributed by atoms with van der Waals surface area (Å²) in [6.07, 6.45) is 0. The molecule has 0 radical (unpaired) electrons. The number of rotatable bonds is 8. The van der Waals surface area contributed by atoms with Gasteiger partial charge in [-0.3, -0.25) is 0 Å². The predicted molar refractivity (Wildman–Crippen MR) is 296 cm³/mol. The molecule has 0 aromatic heterocycles. The van der Waals surface area contributed by atoms with Gasteiger partial charge in [-0.2, -0.15) is 0 Å². The molecule has 0 N–H and O–H groups in total. The molecular formula is C68H45N. The monoisotopic (exact) mass is 875 g/mol. The topological polar surface area (TPSA) is 3.24 Å². The Morgan fingerprint density at radius 1 is 0.188 bits per heavy atom. The molecule has 0 aliphatic carbocycles. The minimum absolute atomic E-state index is 1.07. The van der Waals surface area contributed by atoms with Crippen molar-refractivity contribution in [2.24, 2.45) is 0 Å². The predicted octanol–water partition coefficient (Wildman–Crippen LogP) is 19.3. The van der Waals surface area contributed by atoms with E-state index in [1.165, 1.54) is 92.8 Å². The molecule has 13 rings (SSSR count).